The number of nitrogens with zero attached hydrogens (tertiary/aromatic N) is 1. The summed E-state index contributed by atoms with van der Waals surface area (Å²) in [5.41, 5.74) is 1.53. The summed E-state index contributed by atoms with van der Waals surface area (Å²) >= 11 is 6.51. The van der Waals surface area contributed by atoms with Gasteiger partial charge in [0.1, 0.15) is 10.1 Å². The average molecular weight is 457 g/mol. The van der Waals surface area contributed by atoms with Crippen LogP contribution in [-0.4, -0.2) is 45.8 Å². The van der Waals surface area contributed by atoms with Gasteiger partial charge in [-0.2, -0.15) is 0 Å². The molecule has 1 heterocycles. The number of para-hydroxylation sites is 2. The minimum Gasteiger partial charge on any atom is -0.506 e. The van der Waals surface area contributed by atoms with Crippen molar-refractivity contribution in [1.29, 1.82) is 0 Å². The van der Waals surface area contributed by atoms with Crippen LogP contribution >= 0.6 is 24.0 Å². The number of hydrogen-bond donors (Lipinski definition) is 2. The fourth-order valence-corrected chi connectivity index (χ4v) is 4.18. The molecule has 0 saturated carbocycles. The van der Waals surface area contributed by atoms with Crippen molar-refractivity contribution < 1.29 is 24.2 Å². The fraction of sp³-hybridized carbons (Fsp3) is 0.182. The number of phenolic OH excluding ortho intramolecular Hbond substituents is 1. The highest BCUT2D eigenvalue weighted by atomic mass is 32.2. The van der Waals surface area contributed by atoms with Crippen molar-refractivity contribution in [3.8, 4) is 5.75 Å². The van der Waals surface area contributed by atoms with Crippen molar-refractivity contribution in [3.63, 3.8) is 0 Å². The molecule has 0 unspecified atom stereocenters. The van der Waals surface area contributed by atoms with Gasteiger partial charge >= 0.3 is 5.97 Å². The van der Waals surface area contributed by atoms with E-state index in [4.69, 9.17) is 12.2 Å². The topological polar surface area (TPSA) is 95.9 Å². The first-order valence-electron chi connectivity index (χ1n) is 9.40. The van der Waals surface area contributed by atoms with Gasteiger partial charge in [0, 0.05) is 13.0 Å². The zero-order valence-corrected chi connectivity index (χ0v) is 18.3. The highest BCUT2D eigenvalue weighted by Gasteiger charge is 2.31. The molecule has 0 atom stereocenters. The molecular formula is C22H20N2O5S2. The van der Waals surface area contributed by atoms with Gasteiger partial charge in [0.25, 0.3) is 5.91 Å². The van der Waals surface area contributed by atoms with Gasteiger partial charge in [0.05, 0.1) is 23.3 Å². The second kappa shape index (κ2) is 10.2. The van der Waals surface area contributed by atoms with E-state index in [1.807, 2.05) is 0 Å². The molecule has 31 heavy (non-hydrogen) atoms. The molecule has 1 aliphatic heterocycles. The lowest BCUT2D eigenvalue weighted by molar-refractivity contribution is -0.122. The Labute approximate surface area is 189 Å². The summed E-state index contributed by atoms with van der Waals surface area (Å²) in [6.07, 6.45) is 2.32. The normalized spacial score (nSPS) is 14.7. The summed E-state index contributed by atoms with van der Waals surface area (Å²) in [5, 5.41) is 12.4. The minimum absolute atomic E-state index is 0.00227. The molecule has 1 aliphatic rings. The van der Waals surface area contributed by atoms with Crippen molar-refractivity contribution >= 4 is 57.8 Å². The van der Waals surface area contributed by atoms with E-state index in [0.29, 0.717) is 33.4 Å². The Hall–Kier alpha value is -3.17. The van der Waals surface area contributed by atoms with E-state index in [0.717, 1.165) is 5.56 Å². The molecule has 0 aromatic heterocycles. The lowest BCUT2D eigenvalue weighted by Gasteiger charge is -2.14. The molecule has 0 spiro atoms. The monoisotopic (exact) mass is 456 g/mol. The highest BCUT2D eigenvalue weighted by molar-refractivity contribution is 8.26. The van der Waals surface area contributed by atoms with Crippen LogP contribution in [0, 0.1) is 0 Å². The fourth-order valence-electron chi connectivity index (χ4n) is 2.87. The van der Waals surface area contributed by atoms with E-state index in [-0.39, 0.29) is 24.0 Å². The third-order valence-electron chi connectivity index (χ3n) is 4.47. The van der Waals surface area contributed by atoms with Crippen LogP contribution in [0.15, 0.2) is 53.4 Å². The van der Waals surface area contributed by atoms with Crippen molar-refractivity contribution in [2.24, 2.45) is 0 Å². The molecule has 1 saturated heterocycles. The van der Waals surface area contributed by atoms with Gasteiger partial charge in [0.15, 0.2) is 0 Å². The van der Waals surface area contributed by atoms with E-state index < -0.39 is 5.97 Å². The zero-order valence-electron chi connectivity index (χ0n) is 16.7. The quantitative estimate of drug-likeness (QED) is 0.283. The zero-order chi connectivity index (χ0) is 22.4. The third kappa shape index (κ3) is 5.71. The van der Waals surface area contributed by atoms with Crippen LogP contribution < -0.4 is 5.32 Å². The molecule has 0 bridgehead atoms. The maximum atomic E-state index is 12.7. The predicted octanol–water partition coefficient (Wildman–Crippen LogP) is 3.80. The van der Waals surface area contributed by atoms with Gasteiger partial charge in [-0.1, -0.05) is 48.2 Å². The molecule has 0 radical (unpaired) electrons. The van der Waals surface area contributed by atoms with E-state index >= 15 is 0 Å². The number of carbonyl (C=O) groups excluding carboxylic acids is 3. The standard InChI is InChI=1S/C22H20N2O5S2/c1-29-21(28)15-10-8-14(9-11-15)13-18-20(27)24(22(30)31-18)12-4-7-19(26)23-16-5-2-3-6-17(16)25/h2-3,5-6,8-11,13,25H,4,7,12H2,1H3,(H,23,26). The van der Waals surface area contributed by atoms with Gasteiger partial charge in [-0.15, -0.1) is 0 Å². The number of nitrogens with one attached hydrogen (secondary N) is 1. The number of methoxy groups -OCH3 is 1. The van der Waals surface area contributed by atoms with Gasteiger partial charge in [-0.05, 0) is 42.3 Å². The van der Waals surface area contributed by atoms with Crippen LogP contribution in [0.3, 0.4) is 0 Å². The summed E-state index contributed by atoms with van der Waals surface area (Å²) in [7, 11) is 1.32. The van der Waals surface area contributed by atoms with Gasteiger partial charge in [-0.25, -0.2) is 4.79 Å². The lowest BCUT2D eigenvalue weighted by atomic mass is 10.1. The van der Waals surface area contributed by atoms with Crippen LogP contribution in [0.4, 0.5) is 5.69 Å². The van der Waals surface area contributed by atoms with E-state index in [2.05, 4.69) is 10.1 Å². The first-order chi connectivity index (χ1) is 14.9. The second-order valence-corrected chi connectivity index (χ2v) is 8.29. The predicted molar refractivity (Wildman–Crippen MR) is 124 cm³/mol. The van der Waals surface area contributed by atoms with Crippen LogP contribution in [0.25, 0.3) is 6.08 Å². The Bertz CT molecular complexity index is 1050. The smallest absolute Gasteiger partial charge is 0.337 e. The molecule has 2 aromatic rings. The number of thioether (sulfide) groups is 1. The van der Waals surface area contributed by atoms with Gasteiger partial charge in [-0.3, -0.25) is 14.5 Å². The molecule has 2 aromatic carbocycles. The Balaban J connectivity index is 1.55. The maximum absolute atomic E-state index is 12.7. The Morgan fingerprint density at radius 1 is 1.19 bits per heavy atom. The number of thiocarbonyl (C=S) groups is 1. The number of benzene rings is 2. The second-order valence-electron chi connectivity index (χ2n) is 6.62. The molecule has 1 fully saturated rings. The number of ether oxygens (including phenoxy) is 1. The summed E-state index contributed by atoms with van der Waals surface area (Å²) in [4.78, 5) is 38.3. The summed E-state index contributed by atoms with van der Waals surface area (Å²) in [5.74, 6) is -0.900. The Morgan fingerprint density at radius 2 is 1.90 bits per heavy atom. The van der Waals surface area contributed by atoms with Crippen molar-refractivity contribution in [1.82, 2.24) is 4.90 Å². The van der Waals surface area contributed by atoms with Gasteiger partial charge in [0.2, 0.25) is 5.91 Å². The van der Waals surface area contributed by atoms with Crippen molar-refractivity contribution in [2.45, 2.75) is 12.8 Å². The molecular weight excluding hydrogens is 436 g/mol. The molecule has 2 N–H and O–H groups in total. The van der Waals surface area contributed by atoms with Crippen molar-refractivity contribution in [3.05, 3.63) is 64.6 Å². The molecule has 0 aliphatic carbocycles. The Morgan fingerprint density at radius 3 is 2.58 bits per heavy atom. The summed E-state index contributed by atoms with van der Waals surface area (Å²) < 4.78 is 5.10. The SMILES string of the molecule is COC(=O)c1ccc(C=C2SC(=S)N(CCCC(=O)Nc3ccccc3O)C2=O)cc1. The van der Waals surface area contributed by atoms with Crippen LogP contribution in [0.1, 0.15) is 28.8 Å². The largest absolute Gasteiger partial charge is 0.506 e. The summed E-state index contributed by atoms with van der Waals surface area (Å²) in [6, 6.07) is 13.2. The number of amides is 2. The molecule has 9 heteroatoms. The maximum Gasteiger partial charge on any atom is 0.337 e. The number of esters is 1. The number of rotatable bonds is 7. The number of anilines is 1. The lowest BCUT2D eigenvalue weighted by Crippen LogP contribution is -2.29. The summed E-state index contributed by atoms with van der Waals surface area (Å²) in [6.45, 7) is 0.317. The first-order valence-corrected chi connectivity index (χ1v) is 10.6. The van der Waals surface area contributed by atoms with Crippen molar-refractivity contribution in [2.75, 3.05) is 19.0 Å². The van der Waals surface area contributed by atoms with E-state index in [1.165, 1.54) is 29.8 Å². The third-order valence-corrected chi connectivity index (χ3v) is 5.84. The van der Waals surface area contributed by atoms with Crippen LogP contribution in [-0.2, 0) is 14.3 Å². The number of carbonyl (C=O) groups is 3. The molecule has 2 amide bonds. The molecule has 3 rings (SSSR count). The van der Waals surface area contributed by atoms with E-state index in [1.54, 1.807) is 48.5 Å². The molecule has 160 valence electrons. The first kappa shape index (κ1) is 22.5. The van der Waals surface area contributed by atoms with Gasteiger partial charge < -0.3 is 15.2 Å². The minimum atomic E-state index is -0.426. The number of aromatic hydroxyl groups is 1. The number of hydrogen-bond acceptors (Lipinski definition) is 7. The number of phenols is 1. The molecule has 7 nitrogen and oxygen atoms in total. The van der Waals surface area contributed by atoms with Crippen LogP contribution in [0.5, 0.6) is 5.75 Å². The van der Waals surface area contributed by atoms with Crippen LogP contribution in [0.2, 0.25) is 0 Å². The Kier molecular flexibility index (Phi) is 7.43. The van der Waals surface area contributed by atoms with E-state index in [9.17, 15) is 19.5 Å². The average Bonchev–Trinajstić information content (AvgIpc) is 3.02. The highest BCUT2D eigenvalue weighted by Crippen LogP contribution is 2.32.